The number of amides is 2. The summed E-state index contributed by atoms with van der Waals surface area (Å²) in [7, 11) is 0. The standard InChI is InChI=1S/C17H19F3N2O2/c18-17(19,20)13-3-1-2-4-14(13)22-15(23)10-7-11-5-8-12(9-6-11)16(21)24/h5-10,13-14H,1-4H2,(H2,21,24)(H,22,23). The van der Waals surface area contributed by atoms with E-state index >= 15 is 0 Å². The fourth-order valence-corrected chi connectivity index (χ4v) is 2.86. The van der Waals surface area contributed by atoms with Crippen LogP contribution in [0.3, 0.4) is 0 Å². The average molecular weight is 340 g/mol. The van der Waals surface area contributed by atoms with Crippen LogP contribution in [-0.2, 0) is 4.79 Å². The van der Waals surface area contributed by atoms with Crippen molar-refractivity contribution in [2.24, 2.45) is 11.7 Å². The van der Waals surface area contributed by atoms with E-state index in [4.69, 9.17) is 5.73 Å². The predicted molar refractivity (Wildman–Crippen MR) is 83.9 cm³/mol. The van der Waals surface area contributed by atoms with E-state index in [-0.39, 0.29) is 6.42 Å². The Morgan fingerprint density at radius 1 is 1.12 bits per heavy atom. The predicted octanol–water partition coefficient (Wildman–Crippen LogP) is 3.04. The van der Waals surface area contributed by atoms with Crippen LogP contribution >= 0.6 is 0 Å². The SMILES string of the molecule is NC(=O)c1ccc(C=CC(=O)NC2CCCCC2C(F)(F)F)cc1. The fraction of sp³-hybridized carbons (Fsp3) is 0.412. The number of nitrogens with one attached hydrogen (secondary N) is 1. The lowest BCUT2D eigenvalue weighted by Gasteiger charge is -2.33. The van der Waals surface area contributed by atoms with E-state index in [1.54, 1.807) is 12.1 Å². The average Bonchev–Trinajstić information content (AvgIpc) is 2.53. The van der Waals surface area contributed by atoms with Gasteiger partial charge in [-0.3, -0.25) is 9.59 Å². The van der Waals surface area contributed by atoms with Crippen LogP contribution in [-0.4, -0.2) is 24.0 Å². The lowest BCUT2D eigenvalue weighted by molar-refractivity contribution is -0.188. The summed E-state index contributed by atoms with van der Waals surface area (Å²) in [6.45, 7) is 0. The number of alkyl halides is 3. The Morgan fingerprint density at radius 3 is 2.33 bits per heavy atom. The van der Waals surface area contributed by atoms with Crippen molar-refractivity contribution in [3.8, 4) is 0 Å². The molecule has 3 N–H and O–H groups in total. The Kier molecular flexibility index (Phi) is 5.64. The quantitative estimate of drug-likeness (QED) is 0.827. The third kappa shape index (κ3) is 4.84. The first-order valence-corrected chi connectivity index (χ1v) is 7.72. The molecule has 1 aliphatic rings. The Balaban J connectivity index is 1.97. The van der Waals surface area contributed by atoms with Gasteiger partial charge >= 0.3 is 6.18 Å². The second kappa shape index (κ2) is 7.51. The lowest BCUT2D eigenvalue weighted by Crippen LogP contribution is -2.47. The smallest absolute Gasteiger partial charge is 0.366 e. The van der Waals surface area contributed by atoms with Crippen molar-refractivity contribution in [2.45, 2.75) is 37.9 Å². The van der Waals surface area contributed by atoms with Gasteiger partial charge in [0.2, 0.25) is 11.8 Å². The summed E-state index contributed by atoms with van der Waals surface area (Å²) < 4.78 is 39.0. The third-order valence-corrected chi connectivity index (χ3v) is 4.14. The highest BCUT2D eigenvalue weighted by Gasteiger charge is 2.45. The summed E-state index contributed by atoms with van der Waals surface area (Å²) in [6, 6.07) is 5.35. The first kappa shape index (κ1) is 18.0. The molecule has 0 bridgehead atoms. The van der Waals surface area contributed by atoms with Gasteiger partial charge in [0.25, 0.3) is 0 Å². The van der Waals surface area contributed by atoms with E-state index in [1.807, 2.05) is 0 Å². The van der Waals surface area contributed by atoms with Crippen molar-refractivity contribution in [3.05, 3.63) is 41.5 Å². The second-order valence-corrected chi connectivity index (χ2v) is 5.87. The largest absolute Gasteiger partial charge is 0.393 e. The van der Waals surface area contributed by atoms with Crippen molar-refractivity contribution in [1.82, 2.24) is 5.32 Å². The van der Waals surface area contributed by atoms with E-state index in [0.29, 0.717) is 30.4 Å². The molecule has 0 aliphatic heterocycles. The monoisotopic (exact) mass is 340 g/mol. The molecule has 0 saturated heterocycles. The van der Waals surface area contributed by atoms with Gasteiger partial charge in [0.15, 0.2) is 0 Å². The number of halogens is 3. The molecule has 0 aromatic heterocycles. The van der Waals surface area contributed by atoms with Gasteiger partial charge in [-0.15, -0.1) is 0 Å². The molecule has 1 aromatic rings. The van der Waals surface area contributed by atoms with Crippen molar-refractivity contribution in [2.75, 3.05) is 0 Å². The van der Waals surface area contributed by atoms with Crippen LogP contribution in [0.4, 0.5) is 13.2 Å². The molecule has 2 rings (SSSR count). The van der Waals surface area contributed by atoms with Crippen LogP contribution in [0.5, 0.6) is 0 Å². The van der Waals surface area contributed by atoms with Gasteiger partial charge in [-0.2, -0.15) is 13.2 Å². The van der Waals surface area contributed by atoms with E-state index in [1.165, 1.54) is 24.3 Å². The molecule has 24 heavy (non-hydrogen) atoms. The maximum absolute atomic E-state index is 13.0. The highest BCUT2D eigenvalue weighted by atomic mass is 19.4. The number of rotatable bonds is 4. The topological polar surface area (TPSA) is 72.2 Å². The van der Waals surface area contributed by atoms with Crippen molar-refractivity contribution in [1.29, 1.82) is 0 Å². The lowest BCUT2D eigenvalue weighted by atomic mass is 9.84. The van der Waals surface area contributed by atoms with Gasteiger partial charge in [-0.25, -0.2) is 0 Å². The number of hydrogen-bond donors (Lipinski definition) is 2. The Labute approximate surface area is 137 Å². The number of primary amides is 1. The molecular formula is C17H19F3N2O2. The van der Waals surface area contributed by atoms with Gasteiger partial charge in [0.1, 0.15) is 0 Å². The van der Waals surface area contributed by atoms with Crippen LogP contribution in [0.25, 0.3) is 6.08 Å². The molecule has 4 nitrogen and oxygen atoms in total. The summed E-state index contributed by atoms with van der Waals surface area (Å²) in [4.78, 5) is 22.9. The first-order valence-electron chi connectivity index (χ1n) is 7.72. The molecule has 0 heterocycles. The summed E-state index contributed by atoms with van der Waals surface area (Å²) in [6.07, 6.45) is -0.0439. The van der Waals surface area contributed by atoms with Gasteiger partial charge in [0.05, 0.1) is 5.92 Å². The number of carbonyl (C=O) groups excluding carboxylic acids is 2. The molecule has 1 aliphatic carbocycles. The molecule has 2 unspecified atom stereocenters. The third-order valence-electron chi connectivity index (χ3n) is 4.14. The molecule has 7 heteroatoms. The molecule has 1 fully saturated rings. The van der Waals surface area contributed by atoms with Crippen molar-refractivity contribution < 1.29 is 22.8 Å². The number of nitrogens with two attached hydrogens (primary N) is 1. The maximum atomic E-state index is 13.0. The number of carbonyl (C=O) groups is 2. The normalized spacial score (nSPS) is 21.6. The summed E-state index contributed by atoms with van der Waals surface area (Å²) >= 11 is 0. The minimum Gasteiger partial charge on any atom is -0.366 e. The summed E-state index contributed by atoms with van der Waals surface area (Å²) in [5.74, 6) is -2.60. The number of benzene rings is 1. The first-order chi connectivity index (χ1) is 11.3. The molecule has 1 saturated carbocycles. The van der Waals surface area contributed by atoms with E-state index in [2.05, 4.69) is 5.32 Å². The Hall–Kier alpha value is -2.31. The zero-order valence-electron chi connectivity index (χ0n) is 13.0. The van der Waals surface area contributed by atoms with Crippen molar-refractivity contribution >= 4 is 17.9 Å². The second-order valence-electron chi connectivity index (χ2n) is 5.87. The molecular weight excluding hydrogens is 321 g/mol. The number of hydrogen-bond acceptors (Lipinski definition) is 2. The minimum atomic E-state index is -4.30. The molecule has 2 atom stereocenters. The Morgan fingerprint density at radius 2 is 1.75 bits per heavy atom. The van der Waals surface area contributed by atoms with Crippen molar-refractivity contribution in [3.63, 3.8) is 0 Å². The molecule has 0 radical (unpaired) electrons. The molecule has 2 amide bonds. The van der Waals surface area contributed by atoms with E-state index in [0.717, 1.165) is 0 Å². The van der Waals surface area contributed by atoms with Gasteiger partial charge in [0, 0.05) is 17.7 Å². The van der Waals surface area contributed by atoms with E-state index in [9.17, 15) is 22.8 Å². The van der Waals surface area contributed by atoms with Gasteiger partial charge < -0.3 is 11.1 Å². The molecule has 0 spiro atoms. The van der Waals surface area contributed by atoms with Gasteiger partial charge in [-0.1, -0.05) is 25.0 Å². The summed E-state index contributed by atoms with van der Waals surface area (Å²) in [5, 5.41) is 2.46. The van der Waals surface area contributed by atoms with Crippen LogP contribution < -0.4 is 11.1 Å². The summed E-state index contributed by atoms with van der Waals surface area (Å²) in [5.41, 5.74) is 6.11. The Bertz CT molecular complexity index is 624. The van der Waals surface area contributed by atoms with Crippen LogP contribution in [0.1, 0.15) is 41.6 Å². The van der Waals surface area contributed by atoms with Crippen LogP contribution in [0.15, 0.2) is 30.3 Å². The van der Waals surface area contributed by atoms with Crippen LogP contribution in [0, 0.1) is 5.92 Å². The van der Waals surface area contributed by atoms with E-state index < -0.39 is 30.0 Å². The zero-order chi connectivity index (χ0) is 17.7. The fourth-order valence-electron chi connectivity index (χ4n) is 2.86. The van der Waals surface area contributed by atoms with Gasteiger partial charge in [-0.05, 0) is 36.6 Å². The zero-order valence-corrected chi connectivity index (χ0v) is 13.0. The molecule has 130 valence electrons. The maximum Gasteiger partial charge on any atom is 0.393 e. The highest BCUT2D eigenvalue weighted by molar-refractivity contribution is 5.94. The molecule has 1 aromatic carbocycles. The highest BCUT2D eigenvalue weighted by Crippen LogP contribution is 2.37. The minimum absolute atomic E-state index is 0.0484. The van der Waals surface area contributed by atoms with Crippen LogP contribution in [0.2, 0.25) is 0 Å².